The number of sulfonamides is 1. The van der Waals surface area contributed by atoms with Gasteiger partial charge in [0, 0.05) is 20.1 Å². The molecule has 0 aromatic heterocycles. The van der Waals surface area contributed by atoms with Crippen molar-refractivity contribution in [2.75, 3.05) is 27.7 Å². The fourth-order valence-electron chi connectivity index (χ4n) is 2.66. The number of halogens is 1. The highest BCUT2D eigenvalue weighted by atomic mass is 127. The number of hydrogen-bond donors (Lipinski definition) is 3. The summed E-state index contributed by atoms with van der Waals surface area (Å²) in [4.78, 5) is 4.46. The molecule has 0 bridgehead atoms. The van der Waals surface area contributed by atoms with Crippen LogP contribution in [0.4, 0.5) is 0 Å². The minimum atomic E-state index is -3.41. The second-order valence-corrected chi connectivity index (χ2v) is 8.14. The fourth-order valence-corrected chi connectivity index (χ4v) is 3.39. The van der Waals surface area contributed by atoms with Crippen molar-refractivity contribution >= 4 is 40.0 Å². The monoisotopic (exact) mass is 532 g/mol. The van der Waals surface area contributed by atoms with E-state index in [0.29, 0.717) is 12.5 Å². The first-order valence-electron chi connectivity index (χ1n) is 9.00. The first-order valence-corrected chi connectivity index (χ1v) is 10.5. The lowest BCUT2D eigenvalue weighted by molar-refractivity contribution is 0.411. The van der Waals surface area contributed by atoms with Crippen LogP contribution >= 0.6 is 24.0 Å². The molecule has 3 N–H and O–H groups in total. The van der Waals surface area contributed by atoms with E-state index in [1.54, 1.807) is 38.4 Å². The summed E-state index contributed by atoms with van der Waals surface area (Å²) in [6.45, 7) is 3.29. The molecule has 0 atom stereocenters. The molecule has 9 heteroatoms. The first kappa shape index (κ1) is 25.2. The number of benzene rings is 2. The summed E-state index contributed by atoms with van der Waals surface area (Å²) in [7, 11) is 1.38. The summed E-state index contributed by atoms with van der Waals surface area (Å²) in [5.74, 6) is 1.58. The van der Waals surface area contributed by atoms with Gasteiger partial charge in [-0.25, -0.2) is 13.1 Å². The predicted octanol–water partition coefficient (Wildman–Crippen LogP) is 2.44. The van der Waals surface area contributed by atoms with Gasteiger partial charge >= 0.3 is 0 Å². The van der Waals surface area contributed by atoms with Crippen molar-refractivity contribution in [2.24, 2.45) is 4.99 Å². The highest BCUT2D eigenvalue weighted by Gasteiger charge is 2.10. The molecule has 2 aromatic carbocycles. The molecule has 0 aliphatic rings. The van der Waals surface area contributed by atoms with E-state index in [-0.39, 0.29) is 28.9 Å². The highest BCUT2D eigenvalue weighted by molar-refractivity contribution is 14.0. The number of nitrogens with one attached hydrogen (secondary N) is 3. The Morgan fingerprint density at radius 3 is 2.31 bits per heavy atom. The van der Waals surface area contributed by atoms with Crippen LogP contribution in [0.3, 0.4) is 0 Å². The van der Waals surface area contributed by atoms with Gasteiger partial charge in [0.2, 0.25) is 10.0 Å². The number of hydrogen-bond acceptors (Lipinski definition) is 4. The topological polar surface area (TPSA) is 91.8 Å². The van der Waals surface area contributed by atoms with Crippen LogP contribution in [-0.4, -0.2) is 42.1 Å². The molecule has 0 fully saturated rings. The van der Waals surface area contributed by atoms with Gasteiger partial charge in [-0.15, -0.1) is 24.0 Å². The van der Waals surface area contributed by atoms with Crippen molar-refractivity contribution in [3.8, 4) is 5.75 Å². The van der Waals surface area contributed by atoms with Crippen molar-refractivity contribution in [1.82, 2.24) is 15.4 Å². The van der Waals surface area contributed by atoms with Gasteiger partial charge in [0.15, 0.2) is 5.96 Å². The summed E-state index contributed by atoms with van der Waals surface area (Å²) in [5.41, 5.74) is 3.26. The van der Waals surface area contributed by atoms with Crippen molar-refractivity contribution < 1.29 is 13.2 Å². The molecule has 0 radical (unpaired) electrons. The molecule has 2 rings (SSSR count). The third-order valence-electron chi connectivity index (χ3n) is 4.36. The van der Waals surface area contributed by atoms with Gasteiger partial charge in [0.25, 0.3) is 0 Å². The van der Waals surface area contributed by atoms with Crippen molar-refractivity contribution in [3.63, 3.8) is 0 Å². The molecular formula is C20H29IN4O3S. The zero-order valence-electron chi connectivity index (χ0n) is 17.2. The molecule has 0 heterocycles. The number of aryl methyl sites for hydroxylation is 1. The zero-order chi connectivity index (χ0) is 20.6. The SMILES string of the molecule is CN=C(NCCc1ccc(C)c(OC)c1)NCc1ccc(S(=O)(=O)NC)cc1.I. The Morgan fingerprint density at radius 2 is 1.72 bits per heavy atom. The average Bonchev–Trinajstić information content (AvgIpc) is 2.72. The Labute approximate surface area is 190 Å². The smallest absolute Gasteiger partial charge is 0.240 e. The predicted molar refractivity (Wildman–Crippen MR) is 128 cm³/mol. The third kappa shape index (κ3) is 7.48. The molecule has 0 spiro atoms. The largest absolute Gasteiger partial charge is 0.496 e. The number of nitrogens with zero attached hydrogens (tertiary/aromatic N) is 1. The quantitative estimate of drug-likeness (QED) is 0.276. The molecule has 2 aromatic rings. The molecule has 0 aliphatic heterocycles. The lowest BCUT2D eigenvalue weighted by Crippen LogP contribution is -2.37. The fraction of sp³-hybridized carbons (Fsp3) is 0.350. The van der Waals surface area contributed by atoms with Gasteiger partial charge in [-0.3, -0.25) is 4.99 Å². The summed E-state index contributed by atoms with van der Waals surface area (Å²) in [5, 5.41) is 6.50. The van der Waals surface area contributed by atoms with Crippen LogP contribution in [0.1, 0.15) is 16.7 Å². The summed E-state index contributed by atoms with van der Waals surface area (Å²) in [6.07, 6.45) is 0.841. The number of methoxy groups -OCH3 is 1. The Bertz CT molecular complexity index is 916. The Morgan fingerprint density at radius 1 is 1.07 bits per heavy atom. The van der Waals surface area contributed by atoms with Crippen LogP contribution in [0.15, 0.2) is 52.4 Å². The van der Waals surface area contributed by atoms with E-state index < -0.39 is 10.0 Å². The third-order valence-corrected chi connectivity index (χ3v) is 5.79. The molecular weight excluding hydrogens is 503 g/mol. The minimum Gasteiger partial charge on any atom is -0.496 e. The first-order chi connectivity index (χ1) is 13.4. The number of ether oxygens (including phenoxy) is 1. The maximum absolute atomic E-state index is 11.8. The van der Waals surface area contributed by atoms with E-state index in [1.165, 1.54) is 12.6 Å². The van der Waals surface area contributed by atoms with Crippen LogP contribution in [0.2, 0.25) is 0 Å². The summed E-state index contributed by atoms with van der Waals surface area (Å²) >= 11 is 0. The van der Waals surface area contributed by atoms with Crippen molar-refractivity contribution in [2.45, 2.75) is 24.8 Å². The highest BCUT2D eigenvalue weighted by Crippen LogP contribution is 2.19. The molecule has 0 amide bonds. The summed E-state index contributed by atoms with van der Waals surface area (Å²) < 4.78 is 31.2. The van der Waals surface area contributed by atoms with Crippen LogP contribution in [0.5, 0.6) is 5.75 Å². The number of aliphatic imine (C=N–C) groups is 1. The molecule has 0 unspecified atom stereocenters. The molecule has 0 saturated carbocycles. The Balaban J connectivity index is 0.00000420. The molecule has 160 valence electrons. The van der Waals surface area contributed by atoms with E-state index in [1.807, 2.05) is 13.0 Å². The summed E-state index contributed by atoms with van der Waals surface area (Å²) in [6, 6.07) is 12.9. The van der Waals surface area contributed by atoms with Gasteiger partial charge in [-0.05, 0) is 55.3 Å². The van der Waals surface area contributed by atoms with Crippen LogP contribution in [0.25, 0.3) is 0 Å². The standard InChI is InChI=1S/C20H28N4O3S.HI/c1-15-5-6-16(13-19(15)27-4)11-12-23-20(21-2)24-14-17-7-9-18(10-8-17)28(25,26)22-3;/h5-10,13,22H,11-12,14H2,1-4H3,(H2,21,23,24);1H. The van der Waals surface area contributed by atoms with Gasteiger partial charge in [0.1, 0.15) is 5.75 Å². The van der Waals surface area contributed by atoms with E-state index in [9.17, 15) is 8.42 Å². The molecule has 0 saturated heterocycles. The van der Waals surface area contributed by atoms with E-state index >= 15 is 0 Å². The minimum absolute atomic E-state index is 0. The Kier molecular flexibility index (Phi) is 10.4. The molecule has 0 aliphatic carbocycles. The normalized spacial score (nSPS) is 11.5. The second kappa shape index (κ2) is 12.0. The van der Waals surface area contributed by atoms with E-state index in [0.717, 1.165) is 29.8 Å². The van der Waals surface area contributed by atoms with E-state index in [4.69, 9.17) is 4.74 Å². The van der Waals surface area contributed by atoms with Gasteiger partial charge in [0.05, 0.1) is 12.0 Å². The van der Waals surface area contributed by atoms with Gasteiger partial charge in [-0.1, -0.05) is 24.3 Å². The van der Waals surface area contributed by atoms with Crippen LogP contribution < -0.4 is 20.1 Å². The molecule has 7 nitrogen and oxygen atoms in total. The van der Waals surface area contributed by atoms with Crippen LogP contribution in [0, 0.1) is 6.92 Å². The van der Waals surface area contributed by atoms with Crippen molar-refractivity contribution in [3.05, 3.63) is 59.2 Å². The maximum Gasteiger partial charge on any atom is 0.240 e. The Hall–Kier alpha value is -1.85. The molecule has 29 heavy (non-hydrogen) atoms. The average molecular weight is 532 g/mol. The van der Waals surface area contributed by atoms with Gasteiger partial charge in [-0.2, -0.15) is 0 Å². The second-order valence-electron chi connectivity index (χ2n) is 6.26. The van der Waals surface area contributed by atoms with E-state index in [2.05, 4.69) is 32.5 Å². The van der Waals surface area contributed by atoms with Crippen molar-refractivity contribution in [1.29, 1.82) is 0 Å². The number of guanidine groups is 1. The van der Waals surface area contributed by atoms with Crippen LogP contribution in [-0.2, 0) is 23.0 Å². The maximum atomic E-state index is 11.8. The number of rotatable bonds is 8. The lowest BCUT2D eigenvalue weighted by Gasteiger charge is -2.13. The zero-order valence-corrected chi connectivity index (χ0v) is 20.3. The lowest BCUT2D eigenvalue weighted by atomic mass is 10.1. The van der Waals surface area contributed by atoms with Gasteiger partial charge < -0.3 is 15.4 Å².